The van der Waals surface area contributed by atoms with Gasteiger partial charge >= 0.3 is 0 Å². The van der Waals surface area contributed by atoms with E-state index in [0.29, 0.717) is 0 Å². The van der Waals surface area contributed by atoms with Gasteiger partial charge in [-0.1, -0.05) is 13.8 Å². The van der Waals surface area contributed by atoms with Crippen LogP contribution in [0.25, 0.3) is 0 Å². The molecule has 3 unspecified atom stereocenters. The molecule has 13 heavy (non-hydrogen) atoms. The van der Waals surface area contributed by atoms with Crippen molar-refractivity contribution in [3.05, 3.63) is 0 Å². The minimum Gasteiger partial charge on any atom is -0.317 e. The van der Waals surface area contributed by atoms with Crippen molar-refractivity contribution >= 4 is 11.8 Å². The summed E-state index contributed by atoms with van der Waals surface area (Å²) in [5.41, 5.74) is 0.755. The number of hydrogen-bond donors (Lipinski definition) is 1. The van der Waals surface area contributed by atoms with Crippen LogP contribution in [0.2, 0.25) is 0 Å². The monoisotopic (exact) mass is 199 g/mol. The second-order valence-corrected chi connectivity index (χ2v) is 6.01. The smallest absolute Gasteiger partial charge is 0.00784 e. The number of hydrogen-bond acceptors (Lipinski definition) is 2. The summed E-state index contributed by atoms with van der Waals surface area (Å²) >= 11 is 2.20. The van der Waals surface area contributed by atoms with Crippen molar-refractivity contribution in [3.8, 4) is 0 Å². The summed E-state index contributed by atoms with van der Waals surface area (Å²) in [6.45, 7) is 7.04. The van der Waals surface area contributed by atoms with Crippen molar-refractivity contribution in [1.82, 2.24) is 5.32 Å². The molecule has 1 aliphatic heterocycles. The van der Waals surface area contributed by atoms with Crippen LogP contribution in [0.3, 0.4) is 0 Å². The fourth-order valence-corrected chi connectivity index (χ4v) is 4.23. The van der Waals surface area contributed by atoms with Crippen LogP contribution in [0.1, 0.15) is 33.1 Å². The lowest BCUT2D eigenvalue weighted by Gasteiger charge is -2.29. The Balaban J connectivity index is 1.85. The Morgan fingerprint density at radius 1 is 1.54 bits per heavy atom. The molecule has 2 fully saturated rings. The first-order valence-corrected chi connectivity index (χ1v) is 6.67. The number of thioether (sulfide) groups is 1. The third-order valence-corrected chi connectivity index (χ3v) is 5.38. The normalized spacial score (nSPS) is 43.8. The van der Waals surface area contributed by atoms with Crippen LogP contribution in [0, 0.1) is 11.3 Å². The lowest BCUT2D eigenvalue weighted by atomic mass is 9.93. The highest BCUT2D eigenvalue weighted by Crippen LogP contribution is 2.63. The van der Waals surface area contributed by atoms with Gasteiger partial charge in [-0.3, -0.25) is 0 Å². The van der Waals surface area contributed by atoms with Gasteiger partial charge in [0.05, 0.1) is 0 Å². The second kappa shape index (κ2) is 3.82. The first-order chi connectivity index (χ1) is 6.29. The summed E-state index contributed by atoms with van der Waals surface area (Å²) in [6.07, 6.45) is 4.45. The Morgan fingerprint density at radius 2 is 2.38 bits per heavy atom. The van der Waals surface area contributed by atoms with Gasteiger partial charge in [0.25, 0.3) is 0 Å². The van der Waals surface area contributed by atoms with E-state index >= 15 is 0 Å². The Labute approximate surface area is 86.0 Å². The standard InChI is InChI=1S/C11H21NS/c1-3-12-8-10-7-11(10)5-4-6-13-9(11)2/h9-10,12H,3-8H2,1-2H3. The van der Waals surface area contributed by atoms with Gasteiger partial charge in [0.1, 0.15) is 0 Å². The molecule has 1 N–H and O–H groups in total. The minimum atomic E-state index is 0.755. The van der Waals surface area contributed by atoms with Gasteiger partial charge in [0.2, 0.25) is 0 Å². The molecular formula is C11H21NS. The molecule has 1 heterocycles. The molecule has 2 aliphatic rings. The summed E-state index contributed by atoms with van der Waals surface area (Å²) in [5.74, 6) is 2.40. The van der Waals surface area contributed by atoms with Crippen molar-refractivity contribution < 1.29 is 0 Å². The zero-order valence-electron chi connectivity index (χ0n) is 8.81. The molecule has 0 aromatic carbocycles. The van der Waals surface area contributed by atoms with Crippen LogP contribution in [-0.2, 0) is 0 Å². The predicted molar refractivity (Wildman–Crippen MR) is 60.2 cm³/mol. The lowest BCUT2D eigenvalue weighted by Crippen LogP contribution is -2.27. The molecular weight excluding hydrogens is 178 g/mol. The van der Waals surface area contributed by atoms with Crippen LogP contribution < -0.4 is 5.32 Å². The zero-order valence-corrected chi connectivity index (χ0v) is 9.62. The Kier molecular flexibility index (Phi) is 2.89. The highest BCUT2D eigenvalue weighted by molar-refractivity contribution is 7.99. The summed E-state index contributed by atoms with van der Waals surface area (Å²) in [6, 6.07) is 0. The maximum Gasteiger partial charge on any atom is 0.00784 e. The molecule has 76 valence electrons. The highest BCUT2D eigenvalue weighted by atomic mass is 32.2. The second-order valence-electron chi connectivity index (χ2n) is 4.56. The molecule has 1 saturated heterocycles. The Morgan fingerprint density at radius 3 is 3.08 bits per heavy atom. The molecule has 0 aromatic heterocycles. The summed E-state index contributed by atoms with van der Waals surface area (Å²) in [4.78, 5) is 0. The molecule has 2 rings (SSSR count). The molecule has 0 bridgehead atoms. The first kappa shape index (κ1) is 9.85. The Hall–Kier alpha value is 0.310. The quantitative estimate of drug-likeness (QED) is 0.749. The van der Waals surface area contributed by atoms with E-state index in [1.54, 1.807) is 0 Å². The molecule has 1 aliphatic carbocycles. The van der Waals surface area contributed by atoms with Gasteiger partial charge in [-0.15, -0.1) is 0 Å². The zero-order chi connectivity index (χ0) is 9.31. The van der Waals surface area contributed by atoms with Crippen molar-refractivity contribution in [1.29, 1.82) is 0 Å². The number of rotatable bonds is 3. The lowest BCUT2D eigenvalue weighted by molar-refractivity contribution is 0.391. The van der Waals surface area contributed by atoms with Gasteiger partial charge in [-0.25, -0.2) is 0 Å². The third kappa shape index (κ3) is 1.75. The van der Waals surface area contributed by atoms with Gasteiger partial charge in [0.15, 0.2) is 0 Å². The minimum absolute atomic E-state index is 0.755. The maximum atomic E-state index is 3.49. The Bertz CT molecular complexity index is 183. The largest absolute Gasteiger partial charge is 0.317 e. The first-order valence-electron chi connectivity index (χ1n) is 5.62. The number of nitrogens with one attached hydrogen (secondary N) is 1. The molecule has 0 radical (unpaired) electrons. The van der Waals surface area contributed by atoms with E-state index in [2.05, 4.69) is 30.9 Å². The topological polar surface area (TPSA) is 12.0 Å². The van der Waals surface area contributed by atoms with E-state index in [-0.39, 0.29) is 0 Å². The third-order valence-electron chi connectivity index (χ3n) is 3.88. The van der Waals surface area contributed by atoms with Crippen LogP contribution in [-0.4, -0.2) is 24.1 Å². The molecule has 1 nitrogen and oxygen atoms in total. The van der Waals surface area contributed by atoms with Gasteiger partial charge in [-0.05, 0) is 49.4 Å². The van der Waals surface area contributed by atoms with E-state index in [0.717, 1.165) is 23.1 Å². The molecule has 1 spiro atoms. The van der Waals surface area contributed by atoms with Crippen molar-refractivity contribution in [2.75, 3.05) is 18.8 Å². The highest BCUT2D eigenvalue weighted by Gasteiger charge is 2.57. The summed E-state index contributed by atoms with van der Waals surface area (Å²) in [5, 5.41) is 4.41. The van der Waals surface area contributed by atoms with Gasteiger partial charge < -0.3 is 5.32 Å². The average Bonchev–Trinajstić information content (AvgIpc) is 2.83. The fourth-order valence-electron chi connectivity index (χ4n) is 2.83. The van der Waals surface area contributed by atoms with E-state index in [1.807, 2.05) is 0 Å². The van der Waals surface area contributed by atoms with E-state index in [1.165, 1.54) is 31.6 Å². The van der Waals surface area contributed by atoms with Crippen LogP contribution in [0.15, 0.2) is 0 Å². The maximum absolute atomic E-state index is 3.49. The average molecular weight is 199 g/mol. The molecule has 1 saturated carbocycles. The molecule has 2 heteroatoms. The van der Waals surface area contributed by atoms with Gasteiger partial charge in [-0.2, -0.15) is 11.8 Å². The van der Waals surface area contributed by atoms with E-state index in [4.69, 9.17) is 0 Å². The van der Waals surface area contributed by atoms with Gasteiger partial charge in [0, 0.05) is 5.25 Å². The van der Waals surface area contributed by atoms with Crippen molar-refractivity contribution in [2.45, 2.75) is 38.4 Å². The van der Waals surface area contributed by atoms with Crippen molar-refractivity contribution in [2.24, 2.45) is 11.3 Å². The van der Waals surface area contributed by atoms with Crippen LogP contribution in [0.5, 0.6) is 0 Å². The van der Waals surface area contributed by atoms with Crippen molar-refractivity contribution in [3.63, 3.8) is 0 Å². The summed E-state index contributed by atoms with van der Waals surface area (Å²) < 4.78 is 0. The summed E-state index contributed by atoms with van der Waals surface area (Å²) in [7, 11) is 0. The fraction of sp³-hybridized carbons (Fsp3) is 1.00. The molecule has 0 aromatic rings. The van der Waals surface area contributed by atoms with Crippen LogP contribution >= 0.6 is 11.8 Å². The van der Waals surface area contributed by atoms with Crippen LogP contribution in [0.4, 0.5) is 0 Å². The predicted octanol–water partition coefficient (Wildman–Crippen LogP) is 2.52. The van der Waals surface area contributed by atoms with E-state index in [9.17, 15) is 0 Å². The SMILES string of the molecule is CCNCC1CC12CCCSC2C. The molecule has 3 atom stereocenters. The molecule has 0 amide bonds. The van der Waals surface area contributed by atoms with E-state index < -0.39 is 0 Å².